The summed E-state index contributed by atoms with van der Waals surface area (Å²) in [6, 6.07) is 0. The maximum Gasteiger partial charge on any atom is 0.434 e. The lowest BCUT2D eigenvalue weighted by molar-refractivity contribution is -0.140. The van der Waals surface area contributed by atoms with Crippen molar-refractivity contribution in [2.75, 3.05) is 13.1 Å². The number of hydrogen-bond donors (Lipinski definition) is 0. The van der Waals surface area contributed by atoms with E-state index in [1.165, 1.54) is 4.40 Å². The molecule has 3 heterocycles. The Kier molecular flexibility index (Phi) is 4.13. The van der Waals surface area contributed by atoms with E-state index in [1.54, 1.807) is 17.3 Å². The van der Waals surface area contributed by atoms with Crippen LogP contribution >= 0.6 is 0 Å². The Morgan fingerprint density at radius 2 is 1.93 bits per heavy atom. The van der Waals surface area contributed by atoms with E-state index in [1.807, 2.05) is 20.8 Å². The number of amides is 1. The summed E-state index contributed by atoms with van der Waals surface area (Å²) >= 11 is 0. The lowest BCUT2D eigenvalue weighted by Gasteiger charge is -2.58. The average Bonchev–Trinajstić information content (AvgIpc) is 2.89. The van der Waals surface area contributed by atoms with Crippen molar-refractivity contribution in [2.24, 2.45) is 11.3 Å². The van der Waals surface area contributed by atoms with Crippen LogP contribution in [0.2, 0.25) is 0 Å². The molecule has 4 rings (SSSR count). The highest BCUT2D eigenvalue weighted by Crippen LogP contribution is 2.53. The average molecular weight is 396 g/mol. The molecule has 2 fully saturated rings. The number of rotatable bonds is 2. The van der Waals surface area contributed by atoms with E-state index in [-0.39, 0.29) is 17.3 Å². The molecule has 152 valence electrons. The second-order valence-corrected chi connectivity index (χ2v) is 9.11. The molecule has 1 aliphatic carbocycles. The lowest BCUT2D eigenvalue weighted by atomic mass is 9.56. The van der Waals surface area contributed by atoms with Crippen molar-refractivity contribution in [1.29, 1.82) is 0 Å². The van der Waals surface area contributed by atoms with Crippen LogP contribution in [0, 0.1) is 11.3 Å². The first-order valence-electron chi connectivity index (χ1n) is 9.31. The van der Waals surface area contributed by atoms with Gasteiger partial charge in [-0.2, -0.15) is 13.2 Å². The molecule has 1 saturated carbocycles. The Bertz CT molecular complexity index is 902. The number of carbonyl (C=O) groups excluding carboxylic acids is 1. The topological polar surface area (TPSA) is 59.7 Å². The zero-order chi connectivity index (χ0) is 20.3. The van der Waals surface area contributed by atoms with Gasteiger partial charge in [0.1, 0.15) is 5.60 Å². The molecule has 2 aliphatic rings. The maximum atomic E-state index is 12.8. The number of ether oxygens (including phenoxy) is 1. The summed E-state index contributed by atoms with van der Waals surface area (Å²) in [6.07, 6.45) is 2.26. The number of carbonyl (C=O) groups is 1. The van der Waals surface area contributed by atoms with E-state index in [2.05, 4.69) is 9.97 Å². The molecule has 1 spiro atoms. The molecule has 1 saturated heterocycles. The summed E-state index contributed by atoms with van der Waals surface area (Å²) in [5, 5.41) is 0. The second kappa shape index (κ2) is 6.09. The van der Waals surface area contributed by atoms with Gasteiger partial charge in [-0.05, 0) is 51.5 Å². The highest BCUT2D eigenvalue weighted by Gasteiger charge is 2.54. The van der Waals surface area contributed by atoms with E-state index in [0.717, 1.165) is 31.0 Å². The minimum atomic E-state index is -4.47. The molecule has 2 aromatic rings. The fraction of sp³-hybridized carbons (Fsp3) is 0.632. The standard InChI is InChI=1S/C19H23F3N4O2/c1-17(2,3)28-16(27)26-10-18(11-26)5-12(6-18)4-13-7-23-15-24-14(19(20,21)22)9-25(15)8-13/h7-9,12H,4-6,10-11H2,1-3H3. The largest absolute Gasteiger partial charge is 0.444 e. The van der Waals surface area contributed by atoms with Crippen molar-refractivity contribution in [3.8, 4) is 0 Å². The van der Waals surface area contributed by atoms with Crippen LogP contribution < -0.4 is 0 Å². The van der Waals surface area contributed by atoms with Crippen LogP contribution in [-0.4, -0.2) is 44.1 Å². The highest BCUT2D eigenvalue weighted by atomic mass is 19.4. The molecule has 2 aromatic heterocycles. The van der Waals surface area contributed by atoms with Gasteiger partial charge >= 0.3 is 12.3 Å². The zero-order valence-electron chi connectivity index (χ0n) is 16.1. The van der Waals surface area contributed by atoms with Gasteiger partial charge in [0, 0.05) is 37.1 Å². The fourth-order valence-corrected chi connectivity index (χ4v) is 4.29. The van der Waals surface area contributed by atoms with Gasteiger partial charge in [0.2, 0.25) is 5.78 Å². The predicted molar refractivity (Wildman–Crippen MR) is 94.7 cm³/mol. The molecule has 0 unspecified atom stereocenters. The first-order valence-corrected chi connectivity index (χ1v) is 9.31. The summed E-state index contributed by atoms with van der Waals surface area (Å²) in [7, 11) is 0. The third-order valence-corrected chi connectivity index (χ3v) is 5.33. The molecule has 0 aromatic carbocycles. The molecule has 9 heteroatoms. The summed E-state index contributed by atoms with van der Waals surface area (Å²) in [5.41, 5.74) is -0.358. The molecule has 0 atom stereocenters. The van der Waals surface area contributed by atoms with Gasteiger partial charge in [0.15, 0.2) is 5.69 Å². The molecular weight excluding hydrogens is 373 g/mol. The van der Waals surface area contributed by atoms with Gasteiger partial charge in [0.05, 0.1) is 0 Å². The van der Waals surface area contributed by atoms with Crippen LogP contribution in [0.25, 0.3) is 5.78 Å². The van der Waals surface area contributed by atoms with E-state index in [0.29, 0.717) is 19.0 Å². The monoisotopic (exact) mass is 396 g/mol. The molecule has 0 radical (unpaired) electrons. The Hall–Kier alpha value is -2.32. The van der Waals surface area contributed by atoms with Gasteiger partial charge in [-0.3, -0.25) is 4.40 Å². The summed E-state index contributed by atoms with van der Waals surface area (Å²) < 4.78 is 45.0. The van der Waals surface area contributed by atoms with Crippen molar-refractivity contribution in [3.63, 3.8) is 0 Å². The van der Waals surface area contributed by atoms with Crippen molar-refractivity contribution in [2.45, 2.75) is 51.8 Å². The number of fused-ring (bicyclic) bond motifs is 1. The molecule has 0 bridgehead atoms. The molecule has 1 amide bonds. The van der Waals surface area contributed by atoms with Crippen molar-refractivity contribution < 1.29 is 22.7 Å². The van der Waals surface area contributed by atoms with Crippen LogP contribution in [0.3, 0.4) is 0 Å². The SMILES string of the molecule is CC(C)(C)OC(=O)N1CC2(CC(Cc3cnc4nc(C(F)(F)F)cn4c3)C2)C1. The molecule has 0 N–H and O–H groups in total. The van der Waals surface area contributed by atoms with E-state index >= 15 is 0 Å². The van der Waals surface area contributed by atoms with Crippen molar-refractivity contribution >= 4 is 11.9 Å². The highest BCUT2D eigenvalue weighted by molar-refractivity contribution is 5.69. The zero-order valence-corrected chi connectivity index (χ0v) is 16.1. The number of halogens is 3. The molecule has 28 heavy (non-hydrogen) atoms. The van der Waals surface area contributed by atoms with E-state index in [4.69, 9.17) is 4.74 Å². The summed E-state index contributed by atoms with van der Waals surface area (Å²) in [6.45, 7) is 6.98. The normalized spacial score (nSPS) is 19.6. The lowest BCUT2D eigenvalue weighted by Crippen LogP contribution is -2.64. The van der Waals surface area contributed by atoms with Crippen molar-refractivity contribution in [3.05, 3.63) is 29.8 Å². The number of likely N-dealkylation sites (tertiary alicyclic amines) is 1. The predicted octanol–water partition coefficient (Wildman–Crippen LogP) is 3.94. The number of imidazole rings is 1. The first kappa shape index (κ1) is 19.0. The smallest absolute Gasteiger partial charge is 0.434 e. The van der Waals surface area contributed by atoms with Gasteiger partial charge in [-0.15, -0.1) is 0 Å². The Morgan fingerprint density at radius 3 is 2.54 bits per heavy atom. The van der Waals surface area contributed by atoms with Gasteiger partial charge < -0.3 is 9.64 Å². The summed E-state index contributed by atoms with van der Waals surface area (Å²) in [5.74, 6) is 0.499. The van der Waals surface area contributed by atoms with Gasteiger partial charge in [0.25, 0.3) is 0 Å². The Balaban J connectivity index is 1.31. The minimum Gasteiger partial charge on any atom is -0.444 e. The number of hydrogen-bond acceptors (Lipinski definition) is 4. The van der Waals surface area contributed by atoms with E-state index in [9.17, 15) is 18.0 Å². The number of aromatic nitrogens is 3. The summed E-state index contributed by atoms with van der Waals surface area (Å²) in [4.78, 5) is 21.3. The van der Waals surface area contributed by atoms with Crippen molar-refractivity contribution in [1.82, 2.24) is 19.3 Å². The van der Waals surface area contributed by atoms with Gasteiger partial charge in [-0.25, -0.2) is 14.8 Å². The first-order chi connectivity index (χ1) is 12.9. The molecular formula is C19H23F3N4O2. The quantitative estimate of drug-likeness (QED) is 0.772. The fourth-order valence-electron chi connectivity index (χ4n) is 4.29. The number of nitrogens with zero attached hydrogens (tertiary/aromatic N) is 4. The third kappa shape index (κ3) is 3.66. The van der Waals surface area contributed by atoms with E-state index < -0.39 is 17.5 Å². The third-order valence-electron chi connectivity index (χ3n) is 5.33. The second-order valence-electron chi connectivity index (χ2n) is 9.11. The Labute approximate surface area is 160 Å². The Morgan fingerprint density at radius 1 is 1.25 bits per heavy atom. The maximum absolute atomic E-state index is 12.8. The molecule has 6 nitrogen and oxygen atoms in total. The minimum absolute atomic E-state index is 0.0492. The van der Waals surface area contributed by atoms with Gasteiger partial charge in [-0.1, -0.05) is 0 Å². The van der Waals surface area contributed by atoms with Crippen LogP contribution in [0.5, 0.6) is 0 Å². The van der Waals surface area contributed by atoms with Crippen LogP contribution in [0.15, 0.2) is 18.6 Å². The van der Waals surface area contributed by atoms with Crippen LogP contribution in [0.1, 0.15) is 44.9 Å². The van der Waals surface area contributed by atoms with Crippen LogP contribution in [0.4, 0.5) is 18.0 Å². The number of alkyl halides is 3. The van der Waals surface area contributed by atoms with Crippen LogP contribution in [-0.2, 0) is 17.3 Å². The molecule has 1 aliphatic heterocycles.